The molecular weight excluding hydrogens is 350 g/mol. The molecule has 28 heavy (non-hydrogen) atoms. The number of nitrogens with one attached hydrogen (secondary N) is 3. The van der Waals surface area contributed by atoms with Gasteiger partial charge in [0.15, 0.2) is 5.96 Å². The Hall–Kier alpha value is -2.08. The maximum atomic E-state index is 12.0. The first-order valence-corrected chi connectivity index (χ1v) is 10.3. The highest BCUT2D eigenvalue weighted by Gasteiger charge is 2.17. The molecule has 1 saturated heterocycles. The van der Waals surface area contributed by atoms with E-state index in [9.17, 15) is 4.79 Å². The zero-order valence-corrected chi connectivity index (χ0v) is 18.1. The van der Waals surface area contributed by atoms with Gasteiger partial charge < -0.3 is 16.0 Å². The molecule has 0 spiro atoms. The summed E-state index contributed by atoms with van der Waals surface area (Å²) in [5, 5.41) is 9.36. The van der Waals surface area contributed by atoms with E-state index in [0.29, 0.717) is 12.5 Å². The molecule has 2 rings (SSSR count). The van der Waals surface area contributed by atoms with Crippen LogP contribution in [0.15, 0.2) is 29.3 Å². The summed E-state index contributed by atoms with van der Waals surface area (Å²) in [6.07, 6.45) is 2.62. The van der Waals surface area contributed by atoms with E-state index in [-0.39, 0.29) is 18.0 Å². The number of benzene rings is 1. The van der Waals surface area contributed by atoms with E-state index >= 15 is 0 Å². The van der Waals surface area contributed by atoms with Gasteiger partial charge in [0.05, 0.1) is 6.54 Å². The van der Waals surface area contributed by atoms with Gasteiger partial charge in [0.2, 0.25) is 5.91 Å². The van der Waals surface area contributed by atoms with Crippen LogP contribution in [0.4, 0.5) is 0 Å². The second-order valence-electron chi connectivity index (χ2n) is 8.83. The van der Waals surface area contributed by atoms with Gasteiger partial charge in [-0.2, -0.15) is 0 Å². The number of rotatable bonds is 6. The molecule has 0 saturated carbocycles. The van der Waals surface area contributed by atoms with Crippen molar-refractivity contribution < 1.29 is 4.79 Å². The lowest BCUT2D eigenvalue weighted by Gasteiger charge is -2.31. The van der Waals surface area contributed by atoms with Crippen molar-refractivity contribution in [1.82, 2.24) is 20.9 Å². The van der Waals surface area contributed by atoms with Crippen LogP contribution in [0.1, 0.15) is 51.7 Å². The summed E-state index contributed by atoms with van der Waals surface area (Å²) in [7, 11) is 1.72. The Morgan fingerprint density at radius 3 is 2.57 bits per heavy atom. The lowest BCUT2D eigenvalue weighted by Crippen LogP contribution is -2.48. The predicted molar refractivity (Wildman–Crippen MR) is 116 cm³/mol. The van der Waals surface area contributed by atoms with Crippen LogP contribution in [-0.4, -0.2) is 49.0 Å². The number of carbonyl (C=O) groups is 1. The third-order valence-electron chi connectivity index (χ3n) is 4.85. The Kier molecular flexibility index (Phi) is 8.30. The standard InChI is InChI=1S/C22H37N5O/c1-17-9-8-12-27(15-17)16-19-11-7-6-10-18(19)13-24-21(23-5)25-14-20(28)26-22(2,3)4/h6-7,10-11,17H,8-9,12-16H2,1-5H3,(H,26,28)(H2,23,24,25). The van der Waals surface area contributed by atoms with E-state index in [2.05, 4.69) is 57.0 Å². The summed E-state index contributed by atoms with van der Waals surface area (Å²) >= 11 is 0. The van der Waals surface area contributed by atoms with E-state index in [4.69, 9.17) is 0 Å². The Morgan fingerprint density at radius 1 is 1.21 bits per heavy atom. The summed E-state index contributed by atoms with van der Waals surface area (Å²) in [6, 6.07) is 8.56. The number of amides is 1. The van der Waals surface area contributed by atoms with Gasteiger partial charge in [-0.3, -0.25) is 14.7 Å². The van der Waals surface area contributed by atoms with E-state index < -0.39 is 0 Å². The number of aliphatic imine (C=N–C) groups is 1. The van der Waals surface area contributed by atoms with Crippen LogP contribution < -0.4 is 16.0 Å². The monoisotopic (exact) mass is 387 g/mol. The molecule has 1 atom stereocenters. The van der Waals surface area contributed by atoms with Crippen LogP contribution in [0, 0.1) is 5.92 Å². The molecule has 156 valence electrons. The maximum absolute atomic E-state index is 12.0. The average Bonchev–Trinajstić information content (AvgIpc) is 2.61. The Labute approximate surface area is 170 Å². The number of hydrogen-bond donors (Lipinski definition) is 3. The fraction of sp³-hybridized carbons (Fsp3) is 0.636. The minimum Gasteiger partial charge on any atom is -0.352 e. The number of carbonyl (C=O) groups excluding carboxylic acids is 1. The van der Waals surface area contributed by atoms with Gasteiger partial charge in [0.1, 0.15) is 0 Å². The largest absolute Gasteiger partial charge is 0.352 e. The smallest absolute Gasteiger partial charge is 0.239 e. The SMILES string of the molecule is CN=C(NCC(=O)NC(C)(C)C)NCc1ccccc1CN1CCCC(C)C1. The van der Waals surface area contributed by atoms with E-state index in [1.54, 1.807) is 7.05 Å². The molecule has 0 radical (unpaired) electrons. The van der Waals surface area contributed by atoms with E-state index in [1.165, 1.54) is 37.1 Å². The summed E-state index contributed by atoms with van der Waals surface area (Å²) in [4.78, 5) is 18.8. The zero-order chi connectivity index (χ0) is 20.6. The fourth-order valence-corrected chi connectivity index (χ4v) is 3.58. The van der Waals surface area contributed by atoms with Crippen molar-refractivity contribution >= 4 is 11.9 Å². The number of hydrogen-bond acceptors (Lipinski definition) is 3. The highest BCUT2D eigenvalue weighted by atomic mass is 16.2. The van der Waals surface area contributed by atoms with Crippen molar-refractivity contribution in [2.24, 2.45) is 10.9 Å². The number of piperidine rings is 1. The molecule has 0 aromatic heterocycles. The molecule has 1 heterocycles. The summed E-state index contributed by atoms with van der Waals surface area (Å²) < 4.78 is 0. The second-order valence-corrected chi connectivity index (χ2v) is 8.83. The van der Waals surface area contributed by atoms with Gasteiger partial charge in [0.25, 0.3) is 0 Å². The maximum Gasteiger partial charge on any atom is 0.239 e. The molecule has 6 heteroatoms. The Balaban J connectivity index is 1.88. The van der Waals surface area contributed by atoms with E-state index in [0.717, 1.165) is 12.5 Å². The third-order valence-corrected chi connectivity index (χ3v) is 4.85. The molecule has 1 fully saturated rings. The highest BCUT2D eigenvalue weighted by Crippen LogP contribution is 2.19. The first-order chi connectivity index (χ1) is 13.3. The van der Waals surface area contributed by atoms with Crippen LogP contribution in [0.3, 0.4) is 0 Å². The molecular formula is C22H37N5O. The lowest BCUT2D eigenvalue weighted by atomic mass is 9.99. The normalized spacial score (nSPS) is 18.6. The van der Waals surface area contributed by atoms with Crippen molar-refractivity contribution in [3.05, 3.63) is 35.4 Å². The first-order valence-electron chi connectivity index (χ1n) is 10.3. The molecule has 0 bridgehead atoms. The zero-order valence-electron chi connectivity index (χ0n) is 18.1. The second kappa shape index (κ2) is 10.5. The minimum absolute atomic E-state index is 0.0462. The average molecular weight is 388 g/mol. The van der Waals surface area contributed by atoms with Crippen molar-refractivity contribution in [3.8, 4) is 0 Å². The van der Waals surface area contributed by atoms with Crippen LogP contribution in [0.25, 0.3) is 0 Å². The fourth-order valence-electron chi connectivity index (χ4n) is 3.58. The number of guanidine groups is 1. The van der Waals surface area contributed by atoms with Crippen LogP contribution in [0.5, 0.6) is 0 Å². The van der Waals surface area contributed by atoms with Crippen molar-refractivity contribution in [2.75, 3.05) is 26.7 Å². The van der Waals surface area contributed by atoms with E-state index in [1.807, 2.05) is 20.8 Å². The van der Waals surface area contributed by atoms with Crippen LogP contribution in [0.2, 0.25) is 0 Å². The van der Waals surface area contributed by atoms with Crippen LogP contribution in [-0.2, 0) is 17.9 Å². The minimum atomic E-state index is -0.236. The number of nitrogens with zero attached hydrogens (tertiary/aromatic N) is 2. The van der Waals surface area contributed by atoms with Crippen molar-refractivity contribution in [1.29, 1.82) is 0 Å². The molecule has 0 aliphatic carbocycles. The van der Waals surface area contributed by atoms with Gasteiger partial charge in [-0.05, 0) is 57.2 Å². The van der Waals surface area contributed by atoms with Gasteiger partial charge in [-0.25, -0.2) is 0 Å². The summed E-state index contributed by atoms with van der Waals surface area (Å²) in [5.74, 6) is 1.36. The molecule has 1 aromatic rings. The number of likely N-dealkylation sites (tertiary alicyclic amines) is 1. The van der Waals surface area contributed by atoms with Crippen molar-refractivity contribution in [2.45, 2.75) is 59.2 Å². The molecule has 6 nitrogen and oxygen atoms in total. The molecule has 1 aliphatic rings. The molecule has 1 amide bonds. The predicted octanol–water partition coefficient (Wildman–Crippen LogP) is 2.50. The van der Waals surface area contributed by atoms with Gasteiger partial charge in [-0.1, -0.05) is 31.2 Å². The van der Waals surface area contributed by atoms with Gasteiger partial charge in [-0.15, -0.1) is 0 Å². The van der Waals surface area contributed by atoms with Gasteiger partial charge >= 0.3 is 0 Å². The molecule has 3 N–H and O–H groups in total. The van der Waals surface area contributed by atoms with Crippen molar-refractivity contribution in [3.63, 3.8) is 0 Å². The third kappa shape index (κ3) is 7.89. The molecule has 1 aromatic carbocycles. The quantitative estimate of drug-likeness (QED) is 0.518. The lowest BCUT2D eigenvalue weighted by molar-refractivity contribution is -0.121. The topological polar surface area (TPSA) is 68.8 Å². The van der Waals surface area contributed by atoms with Gasteiger partial charge in [0, 0.05) is 32.2 Å². The first kappa shape index (κ1) is 22.2. The van der Waals surface area contributed by atoms with Crippen LogP contribution >= 0.6 is 0 Å². The highest BCUT2D eigenvalue weighted by molar-refractivity contribution is 5.86. The summed E-state index contributed by atoms with van der Waals surface area (Å²) in [5.41, 5.74) is 2.38. The Bertz CT molecular complexity index is 665. The molecule has 1 aliphatic heterocycles. The molecule has 1 unspecified atom stereocenters. The summed E-state index contributed by atoms with van der Waals surface area (Å²) in [6.45, 7) is 12.5. The Morgan fingerprint density at radius 2 is 1.93 bits per heavy atom.